The minimum absolute atomic E-state index is 0.0267. The Labute approximate surface area is 144 Å². The van der Waals surface area contributed by atoms with E-state index in [4.69, 9.17) is 0 Å². The van der Waals surface area contributed by atoms with Crippen LogP contribution >= 0.6 is 0 Å². The van der Waals surface area contributed by atoms with E-state index in [1.807, 2.05) is 24.3 Å². The van der Waals surface area contributed by atoms with Gasteiger partial charge in [-0.25, -0.2) is 8.42 Å². The SMILES string of the molecule is Cc1cc(OC(F)F)ccc1NS(=O)(=O)c1ccc2ccccc2c1. The zero-order valence-electron chi connectivity index (χ0n) is 13.2. The van der Waals surface area contributed by atoms with Crippen molar-refractivity contribution in [3.05, 3.63) is 66.2 Å². The Morgan fingerprint density at radius 2 is 1.68 bits per heavy atom. The van der Waals surface area contributed by atoms with Crippen LogP contribution in [-0.4, -0.2) is 15.0 Å². The van der Waals surface area contributed by atoms with Crippen molar-refractivity contribution >= 4 is 26.5 Å². The van der Waals surface area contributed by atoms with Gasteiger partial charge in [0, 0.05) is 0 Å². The molecule has 0 heterocycles. The molecule has 0 radical (unpaired) electrons. The standard InChI is InChI=1S/C18H15F2NO3S/c1-12-10-15(24-18(19)20)7-9-17(12)21-25(22,23)16-8-6-13-4-2-3-5-14(13)11-16/h2-11,18,21H,1H3. The van der Waals surface area contributed by atoms with E-state index in [0.29, 0.717) is 11.3 Å². The molecule has 7 heteroatoms. The summed E-state index contributed by atoms with van der Waals surface area (Å²) < 4.78 is 56.5. The highest BCUT2D eigenvalue weighted by Gasteiger charge is 2.16. The van der Waals surface area contributed by atoms with Gasteiger partial charge in [-0.2, -0.15) is 8.78 Å². The van der Waals surface area contributed by atoms with Gasteiger partial charge in [-0.1, -0.05) is 30.3 Å². The third-order valence-corrected chi connectivity index (χ3v) is 5.06. The quantitative estimate of drug-likeness (QED) is 0.723. The summed E-state index contributed by atoms with van der Waals surface area (Å²) in [6, 6.07) is 16.3. The number of hydrogen-bond acceptors (Lipinski definition) is 3. The van der Waals surface area contributed by atoms with Crippen molar-refractivity contribution in [1.82, 2.24) is 0 Å². The lowest BCUT2D eigenvalue weighted by Crippen LogP contribution is -2.14. The van der Waals surface area contributed by atoms with Crippen LogP contribution in [0.3, 0.4) is 0 Å². The molecular formula is C18H15F2NO3S. The van der Waals surface area contributed by atoms with E-state index >= 15 is 0 Å². The molecular weight excluding hydrogens is 348 g/mol. The van der Waals surface area contributed by atoms with Gasteiger partial charge in [-0.3, -0.25) is 4.72 Å². The molecule has 0 saturated heterocycles. The molecule has 0 atom stereocenters. The second kappa shape index (κ2) is 6.68. The Hall–Kier alpha value is -2.67. The Balaban J connectivity index is 1.90. The fourth-order valence-corrected chi connectivity index (χ4v) is 3.63. The molecule has 130 valence electrons. The maximum atomic E-state index is 12.6. The molecule has 3 rings (SSSR count). The van der Waals surface area contributed by atoms with E-state index in [1.54, 1.807) is 19.1 Å². The van der Waals surface area contributed by atoms with Crippen molar-refractivity contribution in [3.8, 4) is 5.75 Å². The summed E-state index contributed by atoms with van der Waals surface area (Å²) in [6.45, 7) is -1.32. The predicted octanol–water partition coefficient (Wildman–Crippen LogP) is 4.55. The molecule has 3 aromatic carbocycles. The molecule has 0 amide bonds. The first-order valence-corrected chi connectivity index (χ1v) is 8.90. The van der Waals surface area contributed by atoms with E-state index < -0.39 is 16.6 Å². The molecule has 0 aliphatic rings. The predicted molar refractivity (Wildman–Crippen MR) is 92.6 cm³/mol. The summed E-state index contributed by atoms with van der Waals surface area (Å²) in [6.07, 6.45) is 0. The minimum Gasteiger partial charge on any atom is -0.435 e. The van der Waals surface area contributed by atoms with Gasteiger partial charge in [-0.15, -0.1) is 0 Å². The summed E-state index contributed by atoms with van der Waals surface area (Å²) in [5.41, 5.74) is 0.775. The van der Waals surface area contributed by atoms with Gasteiger partial charge in [0.25, 0.3) is 10.0 Å². The number of anilines is 1. The van der Waals surface area contributed by atoms with Crippen LogP contribution in [0.4, 0.5) is 14.5 Å². The average Bonchev–Trinajstić information content (AvgIpc) is 2.56. The number of fused-ring (bicyclic) bond motifs is 1. The van der Waals surface area contributed by atoms with Gasteiger partial charge in [0.15, 0.2) is 0 Å². The number of alkyl halides is 2. The van der Waals surface area contributed by atoms with Crippen LogP contribution in [0.15, 0.2) is 65.6 Å². The molecule has 0 fully saturated rings. The van der Waals surface area contributed by atoms with Crippen LogP contribution in [0.5, 0.6) is 5.75 Å². The number of ether oxygens (including phenoxy) is 1. The number of halogens is 2. The molecule has 0 aliphatic heterocycles. The Morgan fingerprint density at radius 3 is 2.36 bits per heavy atom. The highest BCUT2D eigenvalue weighted by atomic mass is 32.2. The van der Waals surface area contributed by atoms with Crippen LogP contribution in [-0.2, 0) is 10.0 Å². The first-order valence-electron chi connectivity index (χ1n) is 7.42. The summed E-state index contributed by atoms with van der Waals surface area (Å²) in [4.78, 5) is 0.124. The third-order valence-electron chi connectivity index (χ3n) is 3.70. The normalized spacial score (nSPS) is 11.7. The minimum atomic E-state index is -3.80. The molecule has 0 saturated carbocycles. The number of benzene rings is 3. The van der Waals surface area contributed by atoms with Crippen LogP contribution < -0.4 is 9.46 Å². The number of sulfonamides is 1. The molecule has 0 unspecified atom stereocenters. The summed E-state index contributed by atoms with van der Waals surface area (Å²) in [7, 11) is -3.80. The van der Waals surface area contributed by atoms with E-state index in [0.717, 1.165) is 10.8 Å². The fraction of sp³-hybridized carbons (Fsp3) is 0.111. The van der Waals surface area contributed by atoms with Crippen LogP contribution in [0.2, 0.25) is 0 Å². The fourth-order valence-electron chi connectivity index (χ4n) is 2.47. The summed E-state index contributed by atoms with van der Waals surface area (Å²) >= 11 is 0. The van der Waals surface area contributed by atoms with Crippen LogP contribution in [0, 0.1) is 6.92 Å². The summed E-state index contributed by atoms with van der Waals surface area (Å²) in [5, 5.41) is 1.74. The highest BCUT2D eigenvalue weighted by molar-refractivity contribution is 7.92. The van der Waals surface area contributed by atoms with E-state index in [1.165, 1.54) is 24.3 Å². The van der Waals surface area contributed by atoms with Gasteiger partial charge in [-0.05, 0) is 53.6 Å². The van der Waals surface area contributed by atoms with Gasteiger partial charge in [0.1, 0.15) is 5.75 Å². The van der Waals surface area contributed by atoms with Gasteiger partial charge in [0.05, 0.1) is 10.6 Å². The maximum absolute atomic E-state index is 12.6. The van der Waals surface area contributed by atoms with Crippen LogP contribution in [0.25, 0.3) is 10.8 Å². The average molecular weight is 363 g/mol. The molecule has 0 aliphatic carbocycles. The topological polar surface area (TPSA) is 55.4 Å². The molecule has 4 nitrogen and oxygen atoms in total. The third kappa shape index (κ3) is 3.88. The highest BCUT2D eigenvalue weighted by Crippen LogP contribution is 2.26. The van der Waals surface area contributed by atoms with Crippen molar-refractivity contribution in [2.75, 3.05) is 4.72 Å². The van der Waals surface area contributed by atoms with Crippen molar-refractivity contribution in [2.24, 2.45) is 0 Å². The van der Waals surface area contributed by atoms with E-state index in [-0.39, 0.29) is 10.6 Å². The summed E-state index contributed by atoms with van der Waals surface area (Å²) in [5.74, 6) is -0.0267. The zero-order chi connectivity index (χ0) is 18.0. The zero-order valence-corrected chi connectivity index (χ0v) is 14.1. The number of hydrogen-bond donors (Lipinski definition) is 1. The van der Waals surface area contributed by atoms with Crippen molar-refractivity contribution in [1.29, 1.82) is 0 Å². The van der Waals surface area contributed by atoms with Crippen molar-refractivity contribution in [2.45, 2.75) is 18.4 Å². The van der Waals surface area contributed by atoms with Crippen LogP contribution in [0.1, 0.15) is 5.56 Å². The maximum Gasteiger partial charge on any atom is 0.387 e. The van der Waals surface area contributed by atoms with Gasteiger partial charge in [0.2, 0.25) is 0 Å². The monoisotopic (exact) mass is 363 g/mol. The molecule has 1 N–H and O–H groups in total. The molecule has 0 bridgehead atoms. The molecule has 0 spiro atoms. The van der Waals surface area contributed by atoms with E-state index in [9.17, 15) is 17.2 Å². The van der Waals surface area contributed by atoms with E-state index in [2.05, 4.69) is 9.46 Å². The first-order chi connectivity index (χ1) is 11.8. The molecule has 0 aromatic heterocycles. The van der Waals surface area contributed by atoms with Gasteiger partial charge < -0.3 is 4.74 Å². The lowest BCUT2D eigenvalue weighted by Gasteiger charge is -2.13. The number of nitrogens with one attached hydrogen (secondary N) is 1. The van der Waals surface area contributed by atoms with Crippen molar-refractivity contribution < 1.29 is 21.9 Å². The van der Waals surface area contributed by atoms with Gasteiger partial charge >= 0.3 is 6.61 Å². The van der Waals surface area contributed by atoms with Crippen molar-refractivity contribution in [3.63, 3.8) is 0 Å². The molecule has 25 heavy (non-hydrogen) atoms. The lowest BCUT2D eigenvalue weighted by molar-refractivity contribution is -0.0498. The second-order valence-corrected chi connectivity index (χ2v) is 7.15. The Kier molecular flexibility index (Phi) is 4.59. The largest absolute Gasteiger partial charge is 0.435 e. The number of aryl methyl sites for hydroxylation is 1. The Bertz CT molecular complexity index is 1020. The second-order valence-electron chi connectivity index (χ2n) is 5.47. The first kappa shape index (κ1) is 17.2. The smallest absolute Gasteiger partial charge is 0.387 e. The number of rotatable bonds is 5. The molecule has 3 aromatic rings. The lowest BCUT2D eigenvalue weighted by atomic mass is 10.1. The Morgan fingerprint density at radius 1 is 0.960 bits per heavy atom.